The predicted molar refractivity (Wildman–Crippen MR) is 117 cm³/mol. The second-order valence-electron chi connectivity index (χ2n) is 8.79. The lowest BCUT2D eigenvalue weighted by atomic mass is 9.76. The van der Waals surface area contributed by atoms with Crippen molar-refractivity contribution < 1.29 is 23.8 Å². The van der Waals surface area contributed by atoms with E-state index in [0.717, 1.165) is 30.3 Å². The van der Waals surface area contributed by atoms with Crippen LogP contribution in [0.1, 0.15) is 69.4 Å². The Morgan fingerprint density at radius 1 is 1.39 bits per heavy atom. The highest BCUT2D eigenvalue weighted by Crippen LogP contribution is 2.37. The molecular weight excluding hydrogens is 427 g/mol. The third-order valence-corrected chi connectivity index (χ3v) is 6.81. The number of aryl methyl sites for hydroxylation is 2. The fourth-order valence-electron chi connectivity index (χ4n) is 4.96. The number of aromatic nitrogens is 2. The molecule has 1 fully saturated rings. The second-order valence-corrected chi connectivity index (χ2v) is 8.79. The van der Waals surface area contributed by atoms with E-state index in [0.29, 0.717) is 51.1 Å². The average molecular weight is 455 g/mol. The van der Waals surface area contributed by atoms with Crippen LogP contribution in [-0.4, -0.2) is 46.5 Å². The number of hydrogen-bond acceptors (Lipinski definition) is 5. The first-order valence-corrected chi connectivity index (χ1v) is 11.3. The number of benzene rings is 1. The number of carbonyl (C=O) groups excluding carboxylic acids is 1. The van der Waals surface area contributed by atoms with Crippen LogP contribution < -0.4 is 5.32 Å². The number of amides is 1. The summed E-state index contributed by atoms with van der Waals surface area (Å²) in [6, 6.07) is 4.01. The molecule has 2 aliphatic rings. The van der Waals surface area contributed by atoms with Crippen molar-refractivity contribution in [3.05, 3.63) is 51.6 Å². The quantitative estimate of drug-likeness (QED) is 0.693. The van der Waals surface area contributed by atoms with Crippen LogP contribution in [0.2, 0.25) is 0 Å². The topological polar surface area (TPSA) is 117 Å². The molecule has 0 bridgehead atoms. The summed E-state index contributed by atoms with van der Waals surface area (Å²) in [5, 5.41) is 26.6. The molecule has 0 unspecified atom stereocenters. The number of halogens is 1. The highest BCUT2D eigenvalue weighted by molar-refractivity contribution is 5.97. The van der Waals surface area contributed by atoms with Crippen LogP contribution in [0.5, 0.6) is 0 Å². The summed E-state index contributed by atoms with van der Waals surface area (Å²) in [6.45, 7) is 4.32. The Kier molecular flexibility index (Phi) is 6.47. The molecule has 9 heteroatoms. The number of nitriles is 1. The van der Waals surface area contributed by atoms with E-state index in [9.17, 15) is 24.3 Å². The van der Waals surface area contributed by atoms with Gasteiger partial charge in [-0.15, -0.1) is 0 Å². The van der Waals surface area contributed by atoms with Gasteiger partial charge in [0.15, 0.2) is 0 Å². The second kappa shape index (κ2) is 9.32. The summed E-state index contributed by atoms with van der Waals surface area (Å²) in [7, 11) is 0. The molecule has 1 saturated heterocycles. The smallest absolute Gasteiger partial charge is 0.336 e. The van der Waals surface area contributed by atoms with Crippen molar-refractivity contribution >= 4 is 11.9 Å². The minimum atomic E-state index is -1.19. The Balaban J connectivity index is 1.62. The van der Waals surface area contributed by atoms with Crippen molar-refractivity contribution in [2.24, 2.45) is 5.41 Å². The third kappa shape index (κ3) is 4.35. The Morgan fingerprint density at radius 3 is 2.82 bits per heavy atom. The monoisotopic (exact) mass is 454 g/mol. The maximum atomic E-state index is 14.1. The zero-order chi connectivity index (χ0) is 23.6. The number of nitrogens with one attached hydrogen (secondary N) is 1. The lowest BCUT2D eigenvalue weighted by Crippen LogP contribution is -2.40. The third-order valence-electron chi connectivity index (χ3n) is 6.81. The first kappa shape index (κ1) is 22.9. The SMILES string of the molecule is CCc1nn(CCCc2c(C(=O)O)ccc(F)c2C#N)c2c1C(=O)NCC1(CCOCC1)C2. The van der Waals surface area contributed by atoms with Crippen molar-refractivity contribution in [3.63, 3.8) is 0 Å². The molecule has 0 radical (unpaired) electrons. The van der Waals surface area contributed by atoms with Crippen molar-refractivity contribution in [1.29, 1.82) is 5.26 Å². The molecule has 8 nitrogen and oxygen atoms in total. The minimum absolute atomic E-state index is 0.0676. The molecule has 2 N–H and O–H groups in total. The number of fused-ring (bicyclic) bond motifs is 1. The number of carboxylic acid groups (broad SMARTS) is 1. The van der Waals surface area contributed by atoms with Crippen molar-refractivity contribution in [2.75, 3.05) is 19.8 Å². The van der Waals surface area contributed by atoms with Crippen LogP contribution >= 0.6 is 0 Å². The van der Waals surface area contributed by atoms with Crippen LogP contribution in [0.25, 0.3) is 0 Å². The molecule has 174 valence electrons. The molecule has 33 heavy (non-hydrogen) atoms. The van der Waals surface area contributed by atoms with Gasteiger partial charge in [0.05, 0.1) is 28.1 Å². The zero-order valence-corrected chi connectivity index (χ0v) is 18.6. The average Bonchev–Trinajstić information content (AvgIpc) is 3.08. The highest BCUT2D eigenvalue weighted by Gasteiger charge is 2.39. The first-order chi connectivity index (χ1) is 15.9. The largest absolute Gasteiger partial charge is 0.478 e. The molecule has 1 amide bonds. The highest BCUT2D eigenvalue weighted by atomic mass is 19.1. The van der Waals surface area contributed by atoms with Crippen LogP contribution in [0.4, 0.5) is 4.39 Å². The standard InChI is InChI=1S/C24H27FN4O4/c1-2-19-21-20(12-24(14-27-22(21)30)7-10-33-11-8-24)29(28-19)9-3-4-15-16(23(31)32)5-6-18(25)17(15)13-26/h5-6H,2-4,7-12,14H2,1H3,(H,27,30)(H,31,32). The molecule has 3 heterocycles. The van der Waals surface area contributed by atoms with Crippen molar-refractivity contribution in [1.82, 2.24) is 15.1 Å². The van der Waals surface area contributed by atoms with E-state index >= 15 is 0 Å². The van der Waals surface area contributed by atoms with Gasteiger partial charge in [0, 0.05) is 26.3 Å². The van der Waals surface area contributed by atoms with Crippen molar-refractivity contribution in [3.8, 4) is 6.07 Å². The molecule has 4 rings (SSSR count). The van der Waals surface area contributed by atoms with Crippen LogP contribution in [0.3, 0.4) is 0 Å². The van der Waals surface area contributed by atoms with E-state index in [2.05, 4.69) is 5.32 Å². The lowest BCUT2D eigenvalue weighted by Gasteiger charge is -2.36. The summed E-state index contributed by atoms with van der Waals surface area (Å²) < 4.78 is 21.5. The van der Waals surface area contributed by atoms with Gasteiger partial charge < -0.3 is 15.2 Å². The molecule has 1 spiro atoms. The van der Waals surface area contributed by atoms with Crippen LogP contribution in [0.15, 0.2) is 12.1 Å². The van der Waals surface area contributed by atoms with E-state index in [1.165, 1.54) is 6.07 Å². The van der Waals surface area contributed by atoms with E-state index in [1.807, 2.05) is 11.6 Å². The number of nitrogens with zero attached hydrogens (tertiary/aromatic N) is 3. The van der Waals surface area contributed by atoms with E-state index in [-0.39, 0.29) is 34.4 Å². The summed E-state index contributed by atoms with van der Waals surface area (Å²) in [5.74, 6) is -2.03. The summed E-state index contributed by atoms with van der Waals surface area (Å²) in [6.07, 6.45) is 3.70. The minimum Gasteiger partial charge on any atom is -0.478 e. The molecule has 0 aliphatic carbocycles. The first-order valence-electron chi connectivity index (χ1n) is 11.3. The van der Waals surface area contributed by atoms with Gasteiger partial charge in [-0.2, -0.15) is 10.4 Å². The fourth-order valence-corrected chi connectivity index (χ4v) is 4.96. The summed E-state index contributed by atoms with van der Waals surface area (Å²) in [5.41, 5.74) is 2.08. The van der Waals surface area contributed by atoms with E-state index < -0.39 is 11.8 Å². The summed E-state index contributed by atoms with van der Waals surface area (Å²) in [4.78, 5) is 24.5. The molecule has 2 aromatic rings. The maximum absolute atomic E-state index is 14.1. The Morgan fingerprint density at radius 2 is 2.15 bits per heavy atom. The van der Waals surface area contributed by atoms with Gasteiger partial charge in [0.2, 0.25) is 0 Å². The molecule has 0 saturated carbocycles. The van der Waals surface area contributed by atoms with Crippen LogP contribution in [-0.2, 0) is 30.5 Å². The maximum Gasteiger partial charge on any atom is 0.336 e. The van der Waals surface area contributed by atoms with Gasteiger partial charge in [0.1, 0.15) is 11.9 Å². The van der Waals surface area contributed by atoms with Gasteiger partial charge in [-0.3, -0.25) is 9.48 Å². The number of hydrogen-bond donors (Lipinski definition) is 2. The van der Waals surface area contributed by atoms with Gasteiger partial charge in [0.25, 0.3) is 5.91 Å². The lowest BCUT2D eigenvalue weighted by molar-refractivity contribution is 0.0152. The van der Waals surface area contributed by atoms with Gasteiger partial charge in [-0.05, 0) is 61.6 Å². The van der Waals surface area contributed by atoms with Gasteiger partial charge in [-0.1, -0.05) is 6.92 Å². The zero-order valence-electron chi connectivity index (χ0n) is 18.6. The molecule has 0 atom stereocenters. The van der Waals surface area contributed by atoms with Crippen LogP contribution in [0, 0.1) is 22.6 Å². The molecular formula is C24H27FN4O4. The van der Waals surface area contributed by atoms with Crippen molar-refractivity contribution in [2.45, 2.75) is 52.0 Å². The Hall–Kier alpha value is -3.25. The summed E-state index contributed by atoms with van der Waals surface area (Å²) >= 11 is 0. The molecule has 1 aromatic carbocycles. The molecule has 2 aliphatic heterocycles. The number of carboxylic acids is 1. The number of aromatic carboxylic acids is 1. The Labute approximate surface area is 191 Å². The number of rotatable bonds is 6. The molecule has 1 aromatic heterocycles. The van der Waals surface area contributed by atoms with E-state index in [1.54, 1.807) is 6.07 Å². The van der Waals surface area contributed by atoms with Gasteiger partial charge in [-0.25, -0.2) is 9.18 Å². The number of ether oxygens (including phenoxy) is 1. The van der Waals surface area contributed by atoms with E-state index in [4.69, 9.17) is 9.84 Å². The fraction of sp³-hybridized carbons (Fsp3) is 0.500. The number of carbonyl (C=O) groups is 2. The Bertz CT molecular complexity index is 1130. The van der Waals surface area contributed by atoms with Gasteiger partial charge >= 0.3 is 5.97 Å². The predicted octanol–water partition coefficient (Wildman–Crippen LogP) is 2.87. The normalized spacial score (nSPS) is 17.2.